The van der Waals surface area contributed by atoms with Gasteiger partial charge in [-0.1, -0.05) is 105 Å². The van der Waals surface area contributed by atoms with Gasteiger partial charge in [-0.25, -0.2) is 0 Å². The second kappa shape index (κ2) is 10.9. The van der Waals surface area contributed by atoms with Crippen LogP contribution in [0.1, 0.15) is 53.4 Å². The highest BCUT2D eigenvalue weighted by Gasteiger charge is 2.36. The second-order valence-corrected chi connectivity index (χ2v) is 12.4. The number of aliphatic imine (C=N–C) groups is 1. The Bertz CT molecular complexity index is 2190. The number of hydrogen-bond acceptors (Lipinski definition) is 4. The van der Waals surface area contributed by atoms with Gasteiger partial charge in [-0.05, 0) is 76.3 Å². The summed E-state index contributed by atoms with van der Waals surface area (Å²) in [6.07, 6.45) is -0.313. The van der Waals surface area contributed by atoms with Crippen molar-refractivity contribution in [2.45, 2.75) is 25.4 Å². The van der Waals surface area contributed by atoms with Crippen molar-refractivity contribution in [1.82, 2.24) is 0 Å². The smallest absolute Gasteiger partial charge is 0.145 e. The molecule has 220 valence electrons. The van der Waals surface area contributed by atoms with E-state index in [1.54, 1.807) is 0 Å². The van der Waals surface area contributed by atoms with Crippen molar-refractivity contribution < 1.29 is 4.74 Å². The van der Waals surface area contributed by atoms with Crippen molar-refractivity contribution in [3.05, 3.63) is 173 Å². The average Bonchev–Trinajstić information content (AvgIpc) is 3.11. The van der Waals surface area contributed by atoms with E-state index in [9.17, 15) is 5.26 Å². The minimum atomic E-state index is -0.313. The third-order valence-corrected chi connectivity index (χ3v) is 9.14. The molecule has 8 rings (SSSR count). The molecule has 2 heterocycles. The van der Waals surface area contributed by atoms with Gasteiger partial charge in [-0.3, -0.25) is 4.99 Å². The minimum absolute atomic E-state index is 0.286. The summed E-state index contributed by atoms with van der Waals surface area (Å²) >= 11 is 0. The lowest BCUT2D eigenvalue weighted by atomic mass is 9.72. The van der Waals surface area contributed by atoms with Crippen LogP contribution in [0.15, 0.2) is 145 Å². The topological polar surface area (TPSA) is 57.4 Å². The summed E-state index contributed by atoms with van der Waals surface area (Å²) in [4.78, 5) is 5.34. The monoisotopic (exact) mass is 593 g/mol. The molecule has 1 unspecified atom stereocenters. The van der Waals surface area contributed by atoms with E-state index in [0.717, 1.165) is 67.4 Å². The molecule has 6 aromatic carbocycles. The molecule has 2 aliphatic heterocycles. The van der Waals surface area contributed by atoms with Crippen LogP contribution in [0.5, 0.6) is 11.5 Å². The van der Waals surface area contributed by atoms with E-state index in [1.165, 1.54) is 5.56 Å². The van der Waals surface area contributed by atoms with Crippen molar-refractivity contribution in [2.24, 2.45) is 4.99 Å². The van der Waals surface area contributed by atoms with Crippen LogP contribution in [0.25, 0.3) is 22.3 Å². The van der Waals surface area contributed by atoms with Gasteiger partial charge < -0.3 is 10.1 Å². The van der Waals surface area contributed by atoms with E-state index in [2.05, 4.69) is 122 Å². The van der Waals surface area contributed by atoms with Crippen molar-refractivity contribution in [2.75, 3.05) is 5.32 Å². The molecule has 4 nitrogen and oxygen atoms in total. The van der Waals surface area contributed by atoms with Crippen LogP contribution in [-0.2, 0) is 5.41 Å². The van der Waals surface area contributed by atoms with Gasteiger partial charge in [0, 0.05) is 33.4 Å². The summed E-state index contributed by atoms with van der Waals surface area (Å²) in [6.45, 7) is 4.55. The fourth-order valence-electron chi connectivity index (χ4n) is 6.87. The predicted octanol–water partition coefficient (Wildman–Crippen LogP) is 10.3. The molecular weight excluding hydrogens is 562 g/mol. The number of nitrogens with one attached hydrogen (secondary N) is 1. The van der Waals surface area contributed by atoms with Crippen molar-refractivity contribution in [1.29, 1.82) is 5.26 Å². The fourth-order valence-corrected chi connectivity index (χ4v) is 6.87. The molecule has 46 heavy (non-hydrogen) atoms. The number of ether oxygens (including phenoxy) is 1. The van der Waals surface area contributed by atoms with Crippen LogP contribution < -0.4 is 10.1 Å². The van der Waals surface area contributed by atoms with Crippen LogP contribution in [0.3, 0.4) is 0 Å². The first kappa shape index (κ1) is 27.6. The minimum Gasteiger partial charge on any atom is -0.457 e. The number of nitriles is 1. The van der Waals surface area contributed by atoms with Crippen LogP contribution in [-0.4, -0.2) is 5.71 Å². The Hall–Kier alpha value is -5.92. The second-order valence-electron chi connectivity index (χ2n) is 12.4. The van der Waals surface area contributed by atoms with Gasteiger partial charge in [0.1, 0.15) is 17.7 Å². The number of benzene rings is 6. The quantitative estimate of drug-likeness (QED) is 0.221. The maximum Gasteiger partial charge on any atom is 0.145 e. The molecule has 0 aromatic heterocycles. The highest BCUT2D eigenvalue weighted by atomic mass is 16.5. The molecule has 1 N–H and O–H groups in total. The molecule has 0 radical (unpaired) electrons. The Morgan fingerprint density at radius 2 is 1.35 bits per heavy atom. The highest BCUT2D eigenvalue weighted by Crippen LogP contribution is 2.51. The molecule has 1 atom stereocenters. The summed E-state index contributed by atoms with van der Waals surface area (Å²) in [5, 5.41) is 13.2. The van der Waals surface area contributed by atoms with E-state index in [-0.39, 0.29) is 11.6 Å². The first-order valence-corrected chi connectivity index (χ1v) is 15.6. The summed E-state index contributed by atoms with van der Waals surface area (Å²) < 4.78 is 6.50. The van der Waals surface area contributed by atoms with Gasteiger partial charge in [0.15, 0.2) is 0 Å². The molecule has 4 heteroatoms. The van der Waals surface area contributed by atoms with E-state index < -0.39 is 0 Å². The number of nitrogens with zero attached hydrogens (tertiary/aromatic N) is 2. The molecule has 0 saturated carbocycles. The third-order valence-electron chi connectivity index (χ3n) is 9.14. The molecular formula is C42H31N3O. The Kier molecular flexibility index (Phi) is 6.55. The SMILES string of the molecule is CC1(C)c2ccccc2Oc2cccc(-c3cc(-c4ccc(C#N)cc4)cc(C4N=C(c5ccccc5)c5ccccc5N4)c3)c21. The maximum absolute atomic E-state index is 9.45. The number of hydrogen-bond donors (Lipinski definition) is 1. The molecule has 6 aromatic rings. The molecule has 0 saturated heterocycles. The van der Waals surface area contributed by atoms with Crippen molar-refractivity contribution >= 4 is 11.4 Å². The Balaban J connectivity index is 1.33. The molecule has 0 bridgehead atoms. The van der Waals surface area contributed by atoms with E-state index in [0.29, 0.717) is 5.56 Å². The van der Waals surface area contributed by atoms with Gasteiger partial charge >= 0.3 is 0 Å². The Morgan fingerprint density at radius 1 is 0.652 bits per heavy atom. The van der Waals surface area contributed by atoms with Gasteiger partial charge in [-0.15, -0.1) is 0 Å². The van der Waals surface area contributed by atoms with Gasteiger partial charge in [0.25, 0.3) is 0 Å². The lowest BCUT2D eigenvalue weighted by molar-refractivity contribution is 0.419. The zero-order chi connectivity index (χ0) is 31.3. The highest BCUT2D eigenvalue weighted by molar-refractivity contribution is 6.17. The largest absolute Gasteiger partial charge is 0.457 e. The molecule has 0 amide bonds. The molecule has 0 fully saturated rings. The van der Waals surface area contributed by atoms with Crippen LogP contribution in [0.2, 0.25) is 0 Å². The van der Waals surface area contributed by atoms with E-state index in [1.807, 2.05) is 42.5 Å². The number of rotatable bonds is 4. The predicted molar refractivity (Wildman–Crippen MR) is 186 cm³/mol. The van der Waals surface area contributed by atoms with Crippen molar-refractivity contribution in [3.8, 4) is 39.8 Å². The summed E-state index contributed by atoms with van der Waals surface area (Å²) in [7, 11) is 0. The molecule has 2 aliphatic rings. The van der Waals surface area contributed by atoms with Gasteiger partial charge in [0.2, 0.25) is 0 Å². The fraction of sp³-hybridized carbons (Fsp3) is 0.0952. The lowest BCUT2D eigenvalue weighted by Crippen LogP contribution is -2.25. The number of para-hydroxylation sites is 2. The Morgan fingerprint density at radius 3 is 2.17 bits per heavy atom. The summed E-state index contributed by atoms with van der Waals surface area (Å²) in [6, 6.07) is 50.2. The normalized spacial score (nSPS) is 15.6. The van der Waals surface area contributed by atoms with Crippen molar-refractivity contribution in [3.63, 3.8) is 0 Å². The summed E-state index contributed by atoms with van der Waals surface area (Å²) in [5.41, 5.74) is 12.2. The van der Waals surface area contributed by atoms with Crippen LogP contribution in [0, 0.1) is 11.3 Å². The van der Waals surface area contributed by atoms with Gasteiger partial charge in [0.05, 0.1) is 17.3 Å². The zero-order valence-corrected chi connectivity index (χ0v) is 25.7. The first-order chi connectivity index (χ1) is 22.5. The summed E-state index contributed by atoms with van der Waals surface area (Å²) in [5.74, 6) is 1.78. The third kappa shape index (κ3) is 4.65. The van der Waals surface area contributed by atoms with Crippen LogP contribution >= 0.6 is 0 Å². The zero-order valence-electron chi connectivity index (χ0n) is 25.7. The van der Waals surface area contributed by atoms with Crippen LogP contribution in [0.4, 0.5) is 5.69 Å². The number of anilines is 1. The van der Waals surface area contributed by atoms with E-state index in [4.69, 9.17) is 9.73 Å². The maximum atomic E-state index is 9.45. The molecule has 0 spiro atoms. The van der Waals surface area contributed by atoms with E-state index >= 15 is 0 Å². The Labute approximate surface area is 269 Å². The average molecular weight is 594 g/mol. The first-order valence-electron chi connectivity index (χ1n) is 15.6. The van der Waals surface area contributed by atoms with Gasteiger partial charge in [-0.2, -0.15) is 5.26 Å². The standard InChI is InChI=1S/C42H31N3O/c1-42(2)35-15-7-9-17-37(35)46-38-18-10-14-33(39(38)42)31-23-30(28-21-19-27(26-43)20-22-28)24-32(25-31)41-44-36-16-8-6-13-34(36)40(45-41)29-11-4-3-5-12-29/h3-25,41,44H,1-2H3. The number of fused-ring (bicyclic) bond motifs is 3. The molecule has 0 aliphatic carbocycles. The lowest BCUT2D eigenvalue weighted by Gasteiger charge is -2.36.